The lowest BCUT2D eigenvalue weighted by atomic mass is 9.85. The largest absolute Gasteiger partial charge is 0.485 e. The molecule has 10 heteroatoms. The number of sulfone groups is 1. The second-order valence-electron chi connectivity index (χ2n) is 8.51. The lowest BCUT2D eigenvalue weighted by molar-refractivity contribution is -0.140. The molecule has 2 aromatic rings. The molecule has 6 nitrogen and oxygen atoms in total. The second-order valence-corrected chi connectivity index (χ2v) is 10.5. The molecule has 2 aromatic carbocycles. The number of rotatable bonds is 3. The lowest BCUT2D eigenvalue weighted by Gasteiger charge is -2.45. The van der Waals surface area contributed by atoms with Gasteiger partial charge in [0.1, 0.15) is 17.5 Å². The SMILES string of the molecule is CC1(C)Oc2ccc(S(=O)(=O)c3ccc(C(F)(F)F)cc3)cc2C(N2CCCC2=O)C1O. The van der Waals surface area contributed by atoms with E-state index in [0.29, 0.717) is 42.8 Å². The number of hydrogen-bond acceptors (Lipinski definition) is 5. The highest BCUT2D eigenvalue weighted by molar-refractivity contribution is 7.91. The molecule has 1 fully saturated rings. The molecule has 0 saturated carbocycles. The van der Waals surface area contributed by atoms with Gasteiger partial charge in [0.05, 0.1) is 21.4 Å². The number of benzene rings is 2. The van der Waals surface area contributed by atoms with Gasteiger partial charge in [-0.2, -0.15) is 13.2 Å². The number of alkyl halides is 3. The number of carbonyl (C=O) groups is 1. The zero-order valence-electron chi connectivity index (χ0n) is 17.4. The molecule has 2 atom stereocenters. The predicted molar refractivity (Wildman–Crippen MR) is 108 cm³/mol. The Hall–Kier alpha value is -2.59. The van der Waals surface area contributed by atoms with Crippen LogP contribution in [0.2, 0.25) is 0 Å². The van der Waals surface area contributed by atoms with Gasteiger partial charge < -0.3 is 14.7 Å². The number of fused-ring (bicyclic) bond motifs is 1. The Kier molecular flexibility index (Phi) is 5.28. The molecule has 0 spiro atoms. The average Bonchev–Trinajstić information content (AvgIpc) is 3.13. The summed E-state index contributed by atoms with van der Waals surface area (Å²) in [7, 11) is -4.15. The summed E-state index contributed by atoms with van der Waals surface area (Å²) >= 11 is 0. The van der Waals surface area contributed by atoms with Crippen molar-refractivity contribution in [3.63, 3.8) is 0 Å². The van der Waals surface area contributed by atoms with Gasteiger partial charge in [-0.25, -0.2) is 8.42 Å². The van der Waals surface area contributed by atoms with E-state index in [-0.39, 0.29) is 15.7 Å². The van der Waals surface area contributed by atoms with Crippen molar-refractivity contribution in [1.82, 2.24) is 4.90 Å². The van der Waals surface area contributed by atoms with Gasteiger partial charge in [-0.3, -0.25) is 4.79 Å². The maximum Gasteiger partial charge on any atom is 0.416 e. The van der Waals surface area contributed by atoms with Crippen LogP contribution >= 0.6 is 0 Å². The summed E-state index contributed by atoms with van der Waals surface area (Å²) in [5.41, 5.74) is -1.62. The van der Waals surface area contributed by atoms with Gasteiger partial charge in [0.2, 0.25) is 15.7 Å². The van der Waals surface area contributed by atoms with E-state index < -0.39 is 39.3 Å². The van der Waals surface area contributed by atoms with E-state index in [1.807, 2.05) is 0 Å². The summed E-state index contributed by atoms with van der Waals surface area (Å²) in [5.74, 6) is 0.199. The molecule has 1 amide bonds. The van der Waals surface area contributed by atoms with Crippen LogP contribution in [0.4, 0.5) is 13.2 Å². The van der Waals surface area contributed by atoms with Gasteiger partial charge in [-0.05, 0) is 62.7 Å². The molecule has 32 heavy (non-hydrogen) atoms. The number of likely N-dealkylation sites (tertiary alicyclic amines) is 1. The molecule has 0 radical (unpaired) electrons. The van der Waals surface area contributed by atoms with Crippen molar-refractivity contribution >= 4 is 15.7 Å². The number of amides is 1. The van der Waals surface area contributed by atoms with Crippen LogP contribution in [0.25, 0.3) is 0 Å². The Morgan fingerprint density at radius 2 is 1.72 bits per heavy atom. The maximum absolute atomic E-state index is 13.1. The zero-order chi connectivity index (χ0) is 23.5. The molecule has 0 aromatic heterocycles. The molecule has 2 unspecified atom stereocenters. The second kappa shape index (κ2) is 7.48. The first-order valence-electron chi connectivity index (χ1n) is 10.1. The Bertz CT molecular complexity index is 1160. The smallest absolute Gasteiger partial charge is 0.416 e. The minimum atomic E-state index is -4.58. The molecule has 2 aliphatic heterocycles. The van der Waals surface area contributed by atoms with Gasteiger partial charge >= 0.3 is 6.18 Å². The van der Waals surface area contributed by atoms with Crippen LogP contribution in [-0.2, 0) is 20.8 Å². The summed E-state index contributed by atoms with van der Waals surface area (Å²) in [4.78, 5) is 13.5. The van der Waals surface area contributed by atoms with Crippen molar-refractivity contribution in [2.45, 2.75) is 60.4 Å². The minimum absolute atomic E-state index is 0.145. The minimum Gasteiger partial charge on any atom is -0.485 e. The van der Waals surface area contributed by atoms with Crippen LogP contribution < -0.4 is 4.74 Å². The van der Waals surface area contributed by atoms with Crippen molar-refractivity contribution in [1.29, 1.82) is 0 Å². The van der Waals surface area contributed by atoms with E-state index in [1.54, 1.807) is 13.8 Å². The maximum atomic E-state index is 13.1. The van der Waals surface area contributed by atoms with Gasteiger partial charge in [-0.15, -0.1) is 0 Å². The lowest BCUT2D eigenvalue weighted by Crippen LogP contribution is -2.53. The molecule has 172 valence electrons. The van der Waals surface area contributed by atoms with Crippen molar-refractivity contribution < 1.29 is 36.2 Å². The summed E-state index contributed by atoms with van der Waals surface area (Å²) in [5, 5.41) is 11.0. The Morgan fingerprint density at radius 1 is 1.09 bits per heavy atom. The van der Waals surface area contributed by atoms with Crippen molar-refractivity contribution in [3.8, 4) is 5.75 Å². The van der Waals surface area contributed by atoms with Crippen LogP contribution in [0.15, 0.2) is 52.3 Å². The monoisotopic (exact) mass is 469 g/mol. The number of hydrogen-bond donors (Lipinski definition) is 1. The summed E-state index contributed by atoms with van der Waals surface area (Å²) in [6.07, 6.45) is -4.73. The highest BCUT2D eigenvalue weighted by Gasteiger charge is 2.47. The topological polar surface area (TPSA) is 83.9 Å². The number of aliphatic hydroxyl groups excluding tert-OH is 1. The van der Waals surface area contributed by atoms with E-state index in [1.165, 1.54) is 23.1 Å². The number of halogens is 3. The fourth-order valence-electron chi connectivity index (χ4n) is 4.17. The standard InChI is InChI=1S/C22H22F3NO5S/c1-21(2)20(28)19(26-11-3-4-18(26)27)16-12-15(9-10-17(16)31-21)32(29,30)14-7-5-13(6-8-14)22(23,24)25/h5-10,12,19-20,28H,3-4,11H2,1-2H3. The first-order valence-corrected chi connectivity index (χ1v) is 11.5. The molecule has 1 N–H and O–H groups in total. The number of aliphatic hydroxyl groups is 1. The van der Waals surface area contributed by atoms with Crippen LogP contribution in [0.3, 0.4) is 0 Å². The molecule has 0 aliphatic carbocycles. The van der Waals surface area contributed by atoms with E-state index in [2.05, 4.69) is 0 Å². The molecule has 4 rings (SSSR count). The molecule has 1 saturated heterocycles. The normalized spacial score (nSPS) is 23.1. The third kappa shape index (κ3) is 3.75. The first-order chi connectivity index (χ1) is 14.8. The van der Waals surface area contributed by atoms with Crippen molar-refractivity contribution in [3.05, 3.63) is 53.6 Å². The third-order valence-electron chi connectivity index (χ3n) is 5.93. The highest BCUT2D eigenvalue weighted by Crippen LogP contribution is 2.45. The molecule has 0 bridgehead atoms. The predicted octanol–water partition coefficient (Wildman–Crippen LogP) is 3.73. The van der Waals surface area contributed by atoms with Crippen LogP contribution in [0.5, 0.6) is 5.75 Å². The third-order valence-corrected chi connectivity index (χ3v) is 7.70. The van der Waals surface area contributed by atoms with Crippen molar-refractivity contribution in [2.75, 3.05) is 6.54 Å². The molecular formula is C22H22F3NO5S. The number of carbonyl (C=O) groups excluding carboxylic acids is 1. The zero-order valence-corrected chi connectivity index (χ0v) is 18.2. The fourth-order valence-corrected chi connectivity index (χ4v) is 5.47. The van der Waals surface area contributed by atoms with Crippen molar-refractivity contribution in [2.24, 2.45) is 0 Å². The molecular weight excluding hydrogens is 447 g/mol. The highest BCUT2D eigenvalue weighted by atomic mass is 32.2. The Morgan fingerprint density at radius 3 is 2.28 bits per heavy atom. The van der Waals surface area contributed by atoms with E-state index in [0.717, 1.165) is 12.1 Å². The fraction of sp³-hybridized carbons (Fsp3) is 0.409. The number of ether oxygens (including phenoxy) is 1. The average molecular weight is 469 g/mol. The summed E-state index contributed by atoms with van der Waals surface area (Å²) in [6, 6.07) is 6.54. The quantitative estimate of drug-likeness (QED) is 0.741. The molecule has 2 heterocycles. The summed E-state index contributed by atoms with van der Waals surface area (Å²) in [6.45, 7) is 3.79. The van der Waals surface area contributed by atoms with E-state index in [9.17, 15) is 31.5 Å². The summed E-state index contributed by atoms with van der Waals surface area (Å²) < 4.78 is 70.6. The van der Waals surface area contributed by atoms with E-state index in [4.69, 9.17) is 4.74 Å². The van der Waals surface area contributed by atoms with Gasteiger partial charge in [-0.1, -0.05) is 0 Å². The first kappa shape index (κ1) is 22.6. The number of nitrogens with zero attached hydrogens (tertiary/aromatic N) is 1. The van der Waals surface area contributed by atoms with Crippen LogP contribution in [0.1, 0.15) is 43.9 Å². The van der Waals surface area contributed by atoms with Gasteiger partial charge in [0.15, 0.2) is 0 Å². The Balaban J connectivity index is 1.78. The van der Waals surface area contributed by atoms with Gasteiger partial charge in [0, 0.05) is 18.5 Å². The van der Waals surface area contributed by atoms with Gasteiger partial charge in [0.25, 0.3) is 0 Å². The molecule has 2 aliphatic rings. The van der Waals surface area contributed by atoms with Crippen LogP contribution in [-0.4, -0.2) is 42.6 Å². The van der Waals surface area contributed by atoms with E-state index >= 15 is 0 Å². The Labute approximate surface area is 183 Å². The van der Waals surface area contributed by atoms with Crippen LogP contribution in [0, 0.1) is 0 Å².